The SMILES string of the molecule is CC1OC(CC(=O)Nc2cccc(CO/N=C(/c3ccccc3)c3nnnn3C)n2)OC1C. The summed E-state index contributed by atoms with van der Waals surface area (Å²) in [6, 6.07) is 14.7. The molecule has 2 unspecified atom stereocenters. The minimum Gasteiger partial charge on any atom is -0.389 e. The molecule has 1 aromatic carbocycles. The van der Waals surface area contributed by atoms with Gasteiger partial charge in [0.25, 0.3) is 0 Å². The zero-order chi connectivity index (χ0) is 23.2. The van der Waals surface area contributed by atoms with E-state index in [9.17, 15) is 4.79 Å². The zero-order valence-corrected chi connectivity index (χ0v) is 18.6. The first kappa shape index (κ1) is 22.5. The van der Waals surface area contributed by atoms with Crippen LogP contribution in [0.2, 0.25) is 0 Å². The van der Waals surface area contributed by atoms with E-state index < -0.39 is 6.29 Å². The summed E-state index contributed by atoms with van der Waals surface area (Å²) >= 11 is 0. The first-order chi connectivity index (χ1) is 16.0. The van der Waals surface area contributed by atoms with Gasteiger partial charge in [-0.15, -0.1) is 5.10 Å². The van der Waals surface area contributed by atoms with Gasteiger partial charge in [-0.25, -0.2) is 9.67 Å². The van der Waals surface area contributed by atoms with Crippen LogP contribution in [0.3, 0.4) is 0 Å². The Morgan fingerprint density at radius 2 is 1.88 bits per heavy atom. The minimum atomic E-state index is -0.553. The molecule has 1 N–H and O–H groups in total. The predicted octanol–water partition coefficient (Wildman–Crippen LogP) is 2.05. The van der Waals surface area contributed by atoms with Crippen molar-refractivity contribution in [1.82, 2.24) is 25.2 Å². The molecule has 0 spiro atoms. The fourth-order valence-corrected chi connectivity index (χ4v) is 3.21. The van der Waals surface area contributed by atoms with E-state index in [4.69, 9.17) is 14.3 Å². The number of benzene rings is 1. The van der Waals surface area contributed by atoms with Crippen LogP contribution < -0.4 is 5.32 Å². The lowest BCUT2D eigenvalue weighted by Gasteiger charge is -2.10. The maximum absolute atomic E-state index is 12.3. The van der Waals surface area contributed by atoms with Crippen LogP contribution in [0.4, 0.5) is 5.82 Å². The molecule has 33 heavy (non-hydrogen) atoms. The van der Waals surface area contributed by atoms with Gasteiger partial charge in [0, 0.05) is 12.6 Å². The zero-order valence-electron chi connectivity index (χ0n) is 18.6. The Hall–Kier alpha value is -3.70. The second kappa shape index (κ2) is 10.3. The fourth-order valence-electron chi connectivity index (χ4n) is 3.21. The third kappa shape index (κ3) is 5.76. The van der Waals surface area contributed by atoms with Gasteiger partial charge >= 0.3 is 0 Å². The molecule has 1 aliphatic rings. The number of carbonyl (C=O) groups is 1. The quantitative estimate of drug-likeness (QED) is 0.407. The van der Waals surface area contributed by atoms with Crippen molar-refractivity contribution in [2.75, 3.05) is 5.32 Å². The molecule has 1 saturated heterocycles. The van der Waals surface area contributed by atoms with Gasteiger partial charge in [0.2, 0.25) is 11.7 Å². The number of pyridine rings is 1. The molecule has 2 aromatic heterocycles. The van der Waals surface area contributed by atoms with E-state index in [1.54, 1.807) is 25.2 Å². The van der Waals surface area contributed by atoms with Crippen LogP contribution in [-0.2, 0) is 32.8 Å². The molecular weight excluding hydrogens is 426 g/mol. The topological polar surface area (TPSA) is 126 Å². The summed E-state index contributed by atoms with van der Waals surface area (Å²) < 4.78 is 12.7. The van der Waals surface area contributed by atoms with Crippen LogP contribution in [0.5, 0.6) is 0 Å². The highest BCUT2D eigenvalue weighted by Gasteiger charge is 2.31. The highest BCUT2D eigenvalue weighted by molar-refractivity contribution is 6.10. The summed E-state index contributed by atoms with van der Waals surface area (Å²) in [6.45, 7) is 3.93. The molecule has 0 saturated carbocycles. The Bertz CT molecular complexity index is 1110. The second-order valence-corrected chi connectivity index (χ2v) is 7.58. The van der Waals surface area contributed by atoms with Crippen LogP contribution in [0.15, 0.2) is 53.7 Å². The first-order valence-electron chi connectivity index (χ1n) is 10.5. The summed E-state index contributed by atoms with van der Waals surface area (Å²) in [6.07, 6.45) is -0.546. The van der Waals surface area contributed by atoms with Gasteiger partial charge in [-0.3, -0.25) is 4.79 Å². The highest BCUT2D eigenvalue weighted by atomic mass is 16.7. The van der Waals surface area contributed by atoms with E-state index >= 15 is 0 Å². The molecular formula is C22H25N7O4. The second-order valence-electron chi connectivity index (χ2n) is 7.58. The van der Waals surface area contributed by atoms with E-state index in [1.165, 1.54) is 4.68 Å². The van der Waals surface area contributed by atoms with Crippen molar-refractivity contribution < 1.29 is 19.1 Å². The lowest BCUT2D eigenvalue weighted by Crippen LogP contribution is -2.21. The van der Waals surface area contributed by atoms with Gasteiger partial charge in [-0.1, -0.05) is 41.6 Å². The van der Waals surface area contributed by atoms with E-state index in [0.29, 0.717) is 23.0 Å². The maximum atomic E-state index is 12.3. The molecule has 172 valence electrons. The smallest absolute Gasteiger partial charge is 0.230 e. The standard InChI is InChI=1S/C22H25N7O4/c1-14-15(2)33-20(32-14)12-19(30)24-18-11-7-10-17(23-18)13-31-26-21(16-8-5-4-6-9-16)22-25-27-28-29(22)3/h4-11,14-15,20H,12-13H2,1-3H3,(H,23,24,30)/b26-21-. The summed E-state index contributed by atoms with van der Waals surface area (Å²) in [4.78, 5) is 22.3. The van der Waals surface area contributed by atoms with Crippen LogP contribution in [0.25, 0.3) is 0 Å². The molecule has 2 atom stereocenters. The molecule has 0 aliphatic carbocycles. The van der Waals surface area contributed by atoms with Gasteiger partial charge in [-0.2, -0.15) is 0 Å². The number of carbonyl (C=O) groups excluding carboxylic acids is 1. The van der Waals surface area contributed by atoms with Gasteiger partial charge < -0.3 is 19.6 Å². The monoisotopic (exact) mass is 451 g/mol. The van der Waals surface area contributed by atoms with Crippen molar-refractivity contribution in [3.05, 3.63) is 65.6 Å². The van der Waals surface area contributed by atoms with Crippen LogP contribution in [0, 0.1) is 0 Å². The normalized spacial score (nSPS) is 20.6. The van der Waals surface area contributed by atoms with Crippen molar-refractivity contribution in [3.63, 3.8) is 0 Å². The molecule has 4 rings (SSSR count). The minimum absolute atomic E-state index is 0.0416. The fraction of sp³-hybridized carbons (Fsp3) is 0.364. The molecule has 3 aromatic rings. The Balaban J connectivity index is 1.39. The van der Waals surface area contributed by atoms with Crippen molar-refractivity contribution in [2.24, 2.45) is 12.2 Å². The largest absolute Gasteiger partial charge is 0.389 e. The number of amides is 1. The number of hydrogen-bond donors (Lipinski definition) is 1. The summed E-state index contributed by atoms with van der Waals surface area (Å²) in [5.74, 6) is 0.631. The third-order valence-corrected chi connectivity index (χ3v) is 5.07. The van der Waals surface area contributed by atoms with Crippen molar-refractivity contribution in [2.45, 2.75) is 45.4 Å². The van der Waals surface area contributed by atoms with Gasteiger partial charge in [0.05, 0.1) is 24.3 Å². The van der Waals surface area contributed by atoms with Crippen molar-refractivity contribution >= 4 is 17.4 Å². The number of nitrogens with one attached hydrogen (secondary N) is 1. The van der Waals surface area contributed by atoms with Crippen LogP contribution in [-0.4, -0.2) is 55.3 Å². The number of oxime groups is 1. The Morgan fingerprint density at radius 1 is 1.12 bits per heavy atom. The average molecular weight is 451 g/mol. The van der Waals surface area contributed by atoms with E-state index in [1.807, 2.05) is 44.2 Å². The van der Waals surface area contributed by atoms with Crippen molar-refractivity contribution in [3.8, 4) is 0 Å². The number of aromatic nitrogens is 5. The number of ether oxygens (including phenoxy) is 2. The number of tetrazole rings is 1. The number of aryl methyl sites for hydroxylation is 1. The number of hydrogen-bond acceptors (Lipinski definition) is 9. The summed E-state index contributed by atoms with van der Waals surface area (Å²) in [7, 11) is 1.73. The Kier molecular flexibility index (Phi) is 7.01. The van der Waals surface area contributed by atoms with Gasteiger partial charge in [0.15, 0.2) is 18.6 Å². The molecule has 0 radical (unpaired) electrons. The molecule has 1 amide bonds. The third-order valence-electron chi connectivity index (χ3n) is 5.07. The van der Waals surface area contributed by atoms with Gasteiger partial charge in [0.1, 0.15) is 5.82 Å². The lowest BCUT2D eigenvalue weighted by atomic mass is 10.1. The first-order valence-corrected chi connectivity index (χ1v) is 10.5. The molecule has 11 heteroatoms. The van der Waals surface area contributed by atoms with E-state index in [-0.39, 0.29) is 31.1 Å². The molecule has 0 bridgehead atoms. The molecule has 1 aliphatic heterocycles. The highest BCUT2D eigenvalue weighted by Crippen LogP contribution is 2.21. The predicted molar refractivity (Wildman–Crippen MR) is 118 cm³/mol. The molecule has 1 fully saturated rings. The lowest BCUT2D eigenvalue weighted by molar-refractivity contribution is -0.126. The summed E-state index contributed by atoms with van der Waals surface area (Å²) in [5.41, 5.74) is 1.90. The Morgan fingerprint density at radius 3 is 2.58 bits per heavy atom. The van der Waals surface area contributed by atoms with Crippen molar-refractivity contribution in [1.29, 1.82) is 0 Å². The van der Waals surface area contributed by atoms with Crippen LogP contribution in [0.1, 0.15) is 37.4 Å². The Labute approximate surface area is 190 Å². The average Bonchev–Trinajstić information content (AvgIpc) is 3.36. The van der Waals surface area contributed by atoms with Crippen LogP contribution >= 0.6 is 0 Å². The van der Waals surface area contributed by atoms with E-state index in [0.717, 1.165) is 5.56 Å². The molecule has 11 nitrogen and oxygen atoms in total. The number of rotatable bonds is 8. The van der Waals surface area contributed by atoms with E-state index in [2.05, 4.69) is 31.0 Å². The number of anilines is 1. The van der Waals surface area contributed by atoms with Gasteiger partial charge in [-0.05, 0) is 36.4 Å². The maximum Gasteiger partial charge on any atom is 0.230 e. The summed E-state index contributed by atoms with van der Waals surface area (Å²) in [5, 5.41) is 18.6. The number of nitrogens with zero attached hydrogens (tertiary/aromatic N) is 6. The molecule has 3 heterocycles.